The molecule has 30 heavy (non-hydrogen) atoms. The number of aliphatic hydroxyl groups is 1. The maximum Gasteiger partial charge on any atom is 0.573 e. The zero-order valence-electron chi connectivity index (χ0n) is 15.0. The minimum Gasteiger partial charge on any atom is -0.406 e. The monoisotopic (exact) mass is 432 g/mol. The number of hydrogen-bond acceptors (Lipinski definition) is 4. The Kier molecular flexibility index (Phi) is 5.50. The summed E-state index contributed by atoms with van der Waals surface area (Å²) < 4.78 is 81.2. The first-order valence-corrected chi connectivity index (χ1v) is 8.49. The third kappa shape index (κ3) is 4.56. The number of hydrogen-bond donors (Lipinski definition) is 1. The van der Waals surface area contributed by atoms with Gasteiger partial charge in [-0.15, -0.1) is 13.2 Å². The van der Waals surface area contributed by atoms with Gasteiger partial charge in [0.2, 0.25) is 5.91 Å². The highest BCUT2D eigenvalue weighted by atomic mass is 19.4. The third-order valence-electron chi connectivity index (χ3n) is 4.29. The van der Waals surface area contributed by atoms with Gasteiger partial charge in [0.05, 0.1) is 18.6 Å². The second kappa shape index (κ2) is 7.63. The van der Waals surface area contributed by atoms with Gasteiger partial charge in [-0.05, 0) is 35.4 Å². The van der Waals surface area contributed by atoms with Crippen LogP contribution in [-0.4, -0.2) is 40.0 Å². The van der Waals surface area contributed by atoms with Gasteiger partial charge in [0.15, 0.2) is 0 Å². The van der Waals surface area contributed by atoms with E-state index in [9.17, 15) is 36.2 Å². The largest absolute Gasteiger partial charge is 0.573 e. The van der Waals surface area contributed by atoms with Gasteiger partial charge in [0.25, 0.3) is 5.72 Å². The molecular formula is C19H14F6N2O3. The summed E-state index contributed by atoms with van der Waals surface area (Å²) in [6.07, 6.45) is -11.7. The van der Waals surface area contributed by atoms with E-state index in [2.05, 4.69) is 9.84 Å². The van der Waals surface area contributed by atoms with Crippen molar-refractivity contribution < 1.29 is 41.0 Å². The van der Waals surface area contributed by atoms with Crippen molar-refractivity contribution in [2.75, 3.05) is 0 Å². The molecular weight excluding hydrogens is 418 g/mol. The molecule has 11 heteroatoms. The molecule has 1 amide bonds. The fraction of sp³-hybridized carbons (Fsp3) is 0.263. The Hall–Kier alpha value is -3.08. The van der Waals surface area contributed by atoms with Crippen LogP contribution >= 0.6 is 0 Å². The fourth-order valence-corrected chi connectivity index (χ4v) is 2.88. The first kappa shape index (κ1) is 21.6. The van der Waals surface area contributed by atoms with Crippen LogP contribution in [0.25, 0.3) is 0 Å². The lowest BCUT2D eigenvalue weighted by Crippen LogP contribution is -2.57. The lowest BCUT2D eigenvalue weighted by molar-refractivity contribution is -0.302. The highest BCUT2D eigenvalue weighted by molar-refractivity contribution is 6.03. The molecule has 0 radical (unpaired) electrons. The quantitative estimate of drug-likeness (QED) is 0.743. The molecule has 0 aliphatic carbocycles. The Morgan fingerprint density at radius 1 is 1.03 bits per heavy atom. The normalized spacial score (nSPS) is 19.6. The van der Waals surface area contributed by atoms with E-state index in [1.165, 1.54) is 12.1 Å². The molecule has 1 atom stereocenters. The van der Waals surface area contributed by atoms with Gasteiger partial charge < -0.3 is 9.84 Å². The molecule has 2 aromatic carbocycles. The number of alkyl halides is 6. The summed E-state index contributed by atoms with van der Waals surface area (Å²) in [5.74, 6) is -1.67. The Morgan fingerprint density at radius 3 is 2.17 bits per heavy atom. The van der Waals surface area contributed by atoms with Gasteiger partial charge >= 0.3 is 12.5 Å². The number of carbonyl (C=O) groups is 1. The molecule has 0 bridgehead atoms. The summed E-state index contributed by atoms with van der Waals surface area (Å²) >= 11 is 0. The van der Waals surface area contributed by atoms with E-state index in [1.807, 2.05) is 0 Å². The highest BCUT2D eigenvalue weighted by Gasteiger charge is 2.63. The Bertz CT molecular complexity index is 941. The van der Waals surface area contributed by atoms with Crippen LogP contribution in [0.3, 0.4) is 0 Å². The Labute approximate surface area is 166 Å². The summed E-state index contributed by atoms with van der Waals surface area (Å²) in [6.45, 7) is 0. The van der Waals surface area contributed by atoms with Crippen molar-refractivity contribution in [1.29, 1.82) is 0 Å². The second-order valence-corrected chi connectivity index (χ2v) is 6.48. The summed E-state index contributed by atoms with van der Waals surface area (Å²) in [7, 11) is 0. The minimum atomic E-state index is -5.22. The van der Waals surface area contributed by atoms with Crippen LogP contribution in [0.2, 0.25) is 0 Å². The van der Waals surface area contributed by atoms with E-state index < -0.39 is 42.8 Å². The van der Waals surface area contributed by atoms with E-state index in [0.29, 0.717) is 5.56 Å². The van der Waals surface area contributed by atoms with Gasteiger partial charge in [-0.25, -0.2) is 0 Å². The number of rotatable bonds is 4. The van der Waals surface area contributed by atoms with Gasteiger partial charge in [-0.2, -0.15) is 23.3 Å². The Balaban J connectivity index is 1.89. The summed E-state index contributed by atoms with van der Waals surface area (Å²) in [6, 6.07) is 11.8. The molecule has 0 aromatic heterocycles. The predicted molar refractivity (Wildman–Crippen MR) is 92.3 cm³/mol. The summed E-state index contributed by atoms with van der Waals surface area (Å²) in [4.78, 5) is 12.5. The Morgan fingerprint density at radius 2 is 1.63 bits per heavy atom. The molecule has 0 fully saturated rings. The van der Waals surface area contributed by atoms with E-state index >= 15 is 0 Å². The number of halogens is 6. The van der Waals surface area contributed by atoms with E-state index in [0.717, 1.165) is 24.3 Å². The molecule has 1 N–H and O–H groups in total. The average Bonchev–Trinajstić information content (AvgIpc) is 3.01. The van der Waals surface area contributed by atoms with Crippen molar-refractivity contribution in [2.24, 2.45) is 5.10 Å². The predicted octanol–water partition coefficient (Wildman–Crippen LogP) is 4.02. The van der Waals surface area contributed by atoms with Gasteiger partial charge in [-0.3, -0.25) is 4.79 Å². The number of ether oxygens (including phenoxy) is 1. The molecule has 3 rings (SSSR count). The van der Waals surface area contributed by atoms with E-state index in [-0.39, 0.29) is 16.3 Å². The zero-order valence-corrected chi connectivity index (χ0v) is 15.0. The molecule has 5 nitrogen and oxygen atoms in total. The van der Waals surface area contributed by atoms with Crippen LogP contribution in [0.5, 0.6) is 5.75 Å². The topological polar surface area (TPSA) is 62.1 Å². The molecule has 1 heterocycles. The van der Waals surface area contributed by atoms with Crippen LogP contribution in [0.4, 0.5) is 26.3 Å². The summed E-state index contributed by atoms with van der Waals surface area (Å²) in [5.41, 5.74) is -3.46. The van der Waals surface area contributed by atoms with Gasteiger partial charge in [0, 0.05) is 0 Å². The summed E-state index contributed by atoms with van der Waals surface area (Å²) in [5, 5.41) is 13.9. The zero-order chi connectivity index (χ0) is 22.2. The van der Waals surface area contributed by atoms with Gasteiger partial charge in [-0.1, -0.05) is 30.3 Å². The average molecular weight is 432 g/mol. The third-order valence-corrected chi connectivity index (χ3v) is 4.29. The standard InChI is InChI=1S/C19H14F6N2O3/c20-18(21,22)17(29)11-15(13-6-8-14(9-7-13)30-19(23,24)25)26-27(17)16(28)10-12-4-2-1-3-5-12/h1-9,29H,10-11H2. The first-order valence-electron chi connectivity index (χ1n) is 8.49. The van der Waals surface area contributed by atoms with E-state index in [4.69, 9.17) is 0 Å². The van der Waals surface area contributed by atoms with Gasteiger partial charge in [0.1, 0.15) is 5.75 Å². The molecule has 0 saturated carbocycles. The molecule has 160 valence electrons. The maximum atomic E-state index is 13.6. The van der Waals surface area contributed by atoms with Crippen LogP contribution in [0.15, 0.2) is 59.7 Å². The lowest BCUT2D eigenvalue weighted by Gasteiger charge is -2.32. The van der Waals surface area contributed by atoms with Crippen molar-refractivity contribution in [3.63, 3.8) is 0 Å². The minimum absolute atomic E-state index is 0.00205. The van der Waals surface area contributed by atoms with Crippen molar-refractivity contribution in [3.05, 3.63) is 65.7 Å². The van der Waals surface area contributed by atoms with E-state index in [1.54, 1.807) is 18.2 Å². The van der Waals surface area contributed by atoms with Crippen molar-refractivity contribution >= 4 is 11.6 Å². The number of hydrazone groups is 1. The van der Waals surface area contributed by atoms with Crippen molar-refractivity contribution in [1.82, 2.24) is 5.01 Å². The van der Waals surface area contributed by atoms with Crippen LogP contribution in [-0.2, 0) is 11.2 Å². The lowest BCUT2D eigenvalue weighted by atomic mass is 10.0. The van der Waals surface area contributed by atoms with Crippen molar-refractivity contribution in [2.45, 2.75) is 31.1 Å². The molecule has 1 aliphatic rings. The molecule has 1 aliphatic heterocycles. The molecule has 2 aromatic rings. The molecule has 1 unspecified atom stereocenters. The number of benzene rings is 2. The molecule has 0 spiro atoms. The van der Waals surface area contributed by atoms with Crippen LogP contribution in [0, 0.1) is 0 Å². The van der Waals surface area contributed by atoms with Crippen LogP contribution < -0.4 is 4.74 Å². The number of carbonyl (C=O) groups excluding carboxylic acids is 1. The number of nitrogens with zero attached hydrogens (tertiary/aromatic N) is 2. The number of amides is 1. The second-order valence-electron chi connectivity index (χ2n) is 6.48. The highest BCUT2D eigenvalue weighted by Crippen LogP contribution is 2.41. The molecule has 0 saturated heterocycles. The fourth-order valence-electron chi connectivity index (χ4n) is 2.88. The maximum absolute atomic E-state index is 13.6. The first-order chi connectivity index (χ1) is 13.9. The smallest absolute Gasteiger partial charge is 0.406 e. The van der Waals surface area contributed by atoms with Crippen LogP contribution in [0.1, 0.15) is 17.5 Å². The van der Waals surface area contributed by atoms with Crippen molar-refractivity contribution in [3.8, 4) is 5.75 Å². The SMILES string of the molecule is O=C(Cc1ccccc1)N1N=C(c2ccc(OC(F)(F)F)cc2)CC1(O)C(F)(F)F.